The van der Waals surface area contributed by atoms with Gasteiger partial charge in [-0.3, -0.25) is 0 Å². The Morgan fingerprint density at radius 1 is 1.38 bits per heavy atom. The molecule has 2 rings (SSSR count). The van der Waals surface area contributed by atoms with Crippen LogP contribution in [-0.2, 0) is 11.3 Å². The molecule has 16 heavy (non-hydrogen) atoms. The van der Waals surface area contributed by atoms with E-state index < -0.39 is 0 Å². The van der Waals surface area contributed by atoms with Crippen LogP contribution in [0.1, 0.15) is 37.8 Å². The van der Waals surface area contributed by atoms with Crippen molar-refractivity contribution in [1.82, 2.24) is 15.3 Å². The molecular weight excluding hydrogens is 202 g/mol. The van der Waals surface area contributed by atoms with Gasteiger partial charge in [-0.2, -0.15) is 0 Å². The number of nitrogens with zero attached hydrogens (tertiary/aromatic N) is 1. The molecule has 1 heterocycles. The lowest BCUT2D eigenvalue weighted by atomic mass is 9.98. The molecular formula is C12H21N3O. The Morgan fingerprint density at radius 2 is 2.25 bits per heavy atom. The van der Waals surface area contributed by atoms with Crippen molar-refractivity contribution in [3.05, 3.63) is 18.2 Å². The molecule has 4 nitrogen and oxygen atoms in total. The van der Waals surface area contributed by atoms with Crippen molar-refractivity contribution >= 4 is 0 Å². The predicted octanol–water partition coefficient (Wildman–Crippen LogP) is 1.85. The number of hydrogen-bond acceptors (Lipinski definition) is 3. The van der Waals surface area contributed by atoms with E-state index in [1.165, 1.54) is 32.1 Å². The molecule has 0 aromatic carbocycles. The van der Waals surface area contributed by atoms with Crippen LogP contribution < -0.4 is 5.32 Å². The first-order chi connectivity index (χ1) is 7.95. The van der Waals surface area contributed by atoms with Gasteiger partial charge in [-0.15, -0.1) is 0 Å². The third kappa shape index (κ3) is 3.94. The SMILES string of the molecule is c1ncc(CNCCOC2CCCCC2)[nH]1. The number of aromatic amines is 1. The summed E-state index contributed by atoms with van der Waals surface area (Å²) in [5, 5.41) is 3.33. The lowest BCUT2D eigenvalue weighted by Crippen LogP contribution is -2.24. The third-order valence-corrected chi connectivity index (χ3v) is 3.05. The molecule has 0 bridgehead atoms. The highest BCUT2D eigenvalue weighted by atomic mass is 16.5. The fraction of sp³-hybridized carbons (Fsp3) is 0.750. The number of H-pyrrole nitrogens is 1. The summed E-state index contributed by atoms with van der Waals surface area (Å²) in [6.45, 7) is 2.57. The van der Waals surface area contributed by atoms with Crippen LogP contribution in [0.5, 0.6) is 0 Å². The van der Waals surface area contributed by atoms with E-state index in [0.717, 1.165) is 25.4 Å². The van der Waals surface area contributed by atoms with Crippen molar-refractivity contribution in [3.8, 4) is 0 Å². The third-order valence-electron chi connectivity index (χ3n) is 3.05. The topological polar surface area (TPSA) is 49.9 Å². The van der Waals surface area contributed by atoms with E-state index in [9.17, 15) is 0 Å². The van der Waals surface area contributed by atoms with E-state index >= 15 is 0 Å². The van der Waals surface area contributed by atoms with Crippen LogP contribution in [0.25, 0.3) is 0 Å². The molecule has 0 amide bonds. The van der Waals surface area contributed by atoms with Crippen molar-refractivity contribution < 1.29 is 4.74 Å². The summed E-state index contributed by atoms with van der Waals surface area (Å²) in [5.74, 6) is 0. The van der Waals surface area contributed by atoms with Gasteiger partial charge in [0.2, 0.25) is 0 Å². The molecule has 0 unspecified atom stereocenters. The quantitative estimate of drug-likeness (QED) is 0.724. The van der Waals surface area contributed by atoms with Gasteiger partial charge in [0.05, 0.1) is 19.0 Å². The van der Waals surface area contributed by atoms with E-state index in [-0.39, 0.29) is 0 Å². The Morgan fingerprint density at radius 3 is 3.00 bits per heavy atom. The minimum atomic E-state index is 0.516. The van der Waals surface area contributed by atoms with Crippen molar-refractivity contribution in [1.29, 1.82) is 0 Å². The highest BCUT2D eigenvalue weighted by Gasteiger charge is 2.12. The average Bonchev–Trinajstić information content (AvgIpc) is 2.83. The first kappa shape index (κ1) is 11.6. The highest BCUT2D eigenvalue weighted by Crippen LogP contribution is 2.19. The van der Waals surface area contributed by atoms with Crippen molar-refractivity contribution in [2.45, 2.75) is 44.8 Å². The second kappa shape index (κ2) is 6.66. The summed E-state index contributed by atoms with van der Waals surface area (Å²) < 4.78 is 5.81. The molecule has 1 fully saturated rings. The number of ether oxygens (including phenoxy) is 1. The number of rotatable bonds is 6. The summed E-state index contributed by atoms with van der Waals surface area (Å²) in [6.07, 6.45) is 10.6. The number of aromatic nitrogens is 2. The normalized spacial score (nSPS) is 17.8. The van der Waals surface area contributed by atoms with E-state index in [4.69, 9.17) is 4.74 Å². The fourth-order valence-electron chi connectivity index (χ4n) is 2.13. The molecule has 0 saturated heterocycles. The van der Waals surface area contributed by atoms with Crippen LogP contribution in [0.3, 0.4) is 0 Å². The van der Waals surface area contributed by atoms with E-state index in [0.29, 0.717) is 6.10 Å². The molecule has 0 atom stereocenters. The number of nitrogens with one attached hydrogen (secondary N) is 2. The summed E-state index contributed by atoms with van der Waals surface area (Å²) in [6, 6.07) is 0. The van der Waals surface area contributed by atoms with Crippen molar-refractivity contribution in [3.63, 3.8) is 0 Å². The van der Waals surface area contributed by atoms with Gasteiger partial charge in [-0.1, -0.05) is 19.3 Å². The smallest absolute Gasteiger partial charge is 0.0922 e. The summed E-state index contributed by atoms with van der Waals surface area (Å²) in [5.41, 5.74) is 1.12. The van der Waals surface area contributed by atoms with Crippen molar-refractivity contribution in [2.75, 3.05) is 13.2 Å². The molecule has 2 N–H and O–H groups in total. The van der Waals surface area contributed by atoms with Crippen LogP contribution in [0.2, 0.25) is 0 Å². The molecule has 0 spiro atoms. The Bertz CT molecular complexity index is 268. The number of hydrogen-bond donors (Lipinski definition) is 2. The first-order valence-electron chi connectivity index (χ1n) is 6.25. The van der Waals surface area contributed by atoms with Crippen LogP contribution in [0.15, 0.2) is 12.5 Å². The van der Waals surface area contributed by atoms with Crippen LogP contribution in [-0.4, -0.2) is 29.2 Å². The molecule has 1 aromatic heterocycles. The Labute approximate surface area is 96.8 Å². The Balaban J connectivity index is 1.48. The minimum Gasteiger partial charge on any atom is -0.377 e. The second-order valence-electron chi connectivity index (χ2n) is 4.38. The predicted molar refractivity (Wildman–Crippen MR) is 63.1 cm³/mol. The molecule has 1 aliphatic rings. The van der Waals surface area contributed by atoms with Gasteiger partial charge in [-0.25, -0.2) is 4.98 Å². The monoisotopic (exact) mass is 223 g/mol. The zero-order valence-corrected chi connectivity index (χ0v) is 9.74. The Kier molecular flexibility index (Phi) is 4.83. The summed E-state index contributed by atoms with van der Waals surface area (Å²) >= 11 is 0. The van der Waals surface area contributed by atoms with Gasteiger partial charge < -0.3 is 15.0 Å². The maximum atomic E-state index is 5.81. The zero-order valence-electron chi connectivity index (χ0n) is 9.74. The largest absolute Gasteiger partial charge is 0.377 e. The number of imidazole rings is 1. The molecule has 4 heteroatoms. The van der Waals surface area contributed by atoms with E-state index in [2.05, 4.69) is 15.3 Å². The molecule has 0 radical (unpaired) electrons. The molecule has 0 aliphatic heterocycles. The second-order valence-corrected chi connectivity index (χ2v) is 4.38. The summed E-state index contributed by atoms with van der Waals surface area (Å²) in [4.78, 5) is 7.03. The lowest BCUT2D eigenvalue weighted by molar-refractivity contribution is 0.0302. The average molecular weight is 223 g/mol. The van der Waals surface area contributed by atoms with Gasteiger partial charge in [-0.05, 0) is 12.8 Å². The minimum absolute atomic E-state index is 0.516. The van der Waals surface area contributed by atoms with Gasteiger partial charge in [0, 0.05) is 25.0 Å². The standard InChI is InChI=1S/C12H21N3O/c1-2-4-12(5-3-1)16-7-6-13-8-11-9-14-10-15-11/h9-10,12-13H,1-8H2,(H,14,15). The lowest BCUT2D eigenvalue weighted by Gasteiger charge is -2.21. The van der Waals surface area contributed by atoms with Crippen molar-refractivity contribution in [2.24, 2.45) is 0 Å². The van der Waals surface area contributed by atoms with Crippen LogP contribution >= 0.6 is 0 Å². The van der Waals surface area contributed by atoms with Gasteiger partial charge in [0.15, 0.2) is 0 Å². The maximum absolute atomic E-state index is 5.81. The van der Waals surface area contributed by atoms with Gasteiger partial charge >= 0.3 is 0 Å². The maximum Gasteiger partial charge on any atom is 0.0922 e. The molecule has 1 aromatic rings. The fourth-order valence-corrected chi connectivity index (χ4v) is 2.13. The molecule has 1 saturated carbocycles. The van der Waals surface area contributed by atoms with Gasteiger partial charge in [0.1, 0.15) is 0 Å². The van der Waals surface area contributed by atoms with E-state index in [1.54, 1.807) is 6.33 Å². The highest BCUT2D eigenvalue weighted by molar-refractivity contribution is 4.92. The van der Waals surface area contributed by atoms with Crippen LogP contribution in [0, 0.1) is 0 Å². The van der Waals surface area contributed by atoms with E-state index in [1.807, 2.05) is 6.20 Å². The van der Waals surface area contributed by atoms with Gasteiger partial charge in [0.25, 0.3) is 0 Å². The zero-order chi connectivity index (χ0) is 11.1. The Hall–Kier alpha value is -0.870. The molecule has 90 valence electrons. The first-order valence-corrected chi connectivity index (χ1v) is 6.25. The summed E-state index contributed by atoms with van der Waals surface area (Å²) in [7, 11) is 0. The molecule has 1 aliphatic carbocycles. The van der Waals surface area contributed by atoms with Crippen LogP contribution in [0.4, 0.5) is 0 Å².